The topological polar surface area (TPSA) is 59.9 Å². The second-order valence-corrected chi connectivity index (χ2v) is 3.58. The number of hydrogen-bond donors (Lipinski definition) is 1. The summed E-state index contributed by atoms with van der Waals surface area (Å²) in [6, 6.07) is 4.80. The Morgan fingerprint density at radius 1 is 1.61 bits per heavy atom. The number of benzene rings is 1. The number of amides is 1. The van der Waals surface area contributed by atoms with Crippen LogP contribution in [0.25, 0.3) is 0 Å². The average molecular weight is 269 g/mol. The van der Waals surface area contributed by atoms with Crippen molar-refractivity contribution in [2.75, 3.05) is 13.7 Å². The molecule has 0 aliphatic heterocycles. The van der Waals surface area contributed by atoms with E-state index in [0.29, 0.717) is 22.9 Å². The normalized spacial score (nSPS) is 10.1. The molecule has 1 rings (SSSR count). The molecule has 0 saturated heterocycles. The van der Waals surface area contributed by atoms with E-state index in [0.717, 1.165) is 0 Å². The lowest BCUT2D eigenvalue weighted by Gasteiger charge is -2.06. The van der Waals surface area contributed by atoms with E-state index < -0.39 is 6.09 Å². The Hall–Kier alpha value is -2.01. The highest BCUT2D eigenvalue weighted by atomic mass is 35.5. The predicted molar refractivity (Wildman–Crippen MR) is 70.3 cm³/mol. The molecule has 0 heterocycles. The molecule has 0 aromatic heterocycles. The van der Waals surface area contributed by atoms with Gasteiger partial charge in [0.05, 0.1) is 6.21 Å². The van der Waals surface area contributed by atoms with Gasteiger partial charge in [-0.05, 0) is 18.2 Å². The fraction of sp³-hybridized carbons (Fsp3) is 0.167. The molecular formula is C12H13ClN2O3. The zero-order valence-corrected chi connectivity index (χ0v) is 10.6. The molecule has 6 heteroatoms. The molecule has 0 spiro atoms. The number of halogens is 1. The van der Waals surface area contributed by atoms with Crippen LogP contribution in [0.15, 0.2) is 36.0 Å². The molecule has 1 aromatic rings. The molecule has 0 saturated carbocycles. The quantitative estimate of drug-likeness (QED) is 0.386. The molecule has 0 unspecified atom stereocenters. The lowest BCUT2D eigenvalue weighted by Crippen LogP contribution is -2.22. The Balaban J connectivity index is 2.85. The minimum absolute atomic E-state index is 0.294. The van der Waals surface area contributed by atoms with Gasteiger partial charge in [0.1, 0.15) is 12.4 Å². The predicted octanol–water partition coefficient (Wildman–Crippen LogP) is 2.59. The fourth-order valence-electron chi connectivity index (χ4n) is 1.05. The van der Waals surface area contributed by atoms with Crippen molar-refractivity contribution >= 4 is 23.9 Å². The highest BCUT2D eigenvalue weighted by molar-refractivity contribution is 6.30. The van der Waals surface area contributed by atoms with Gasteiger partial charge in [-0.15, -0.1) is 0 Å². The summed E-state index contributed by atoms with van der Waals surface area (Å²) in [4.78, 5) is 16.0. The first-order valence-electron chi connectivity index (χ1n) is 5.12. The molecule has 0 aliphatic carbocycles. The summed E-state index contributed by atoms with van der Waals surface area (Å²) in [6.07, 6.45) is 2.41. The van der Waals surface area contributed by atoms with Crippen LogP contribution in [0.3, 0.4) is 0 Å². The van der Waals surface area contributed by atoms with E-state index in [2.05, 4.69) is 17.1 Å². The van der Waals surface area contributed by atoms with Crippen LogP contribution in [-0.4, -0.2) is 26.0 Å². The van der Waals surface area contributed by atoms with Gasteiger partial charge >= 0.3 is 6.09 Å². The molecule has 18 heavy (non-hydrogen) atoms. The molecular weight excluding hydrogens is 256 g/mol. The van der Waals surface area contributed by atoms with Crippen molar-refractivity contribution in [2.24, 2.45) is 5.16 Å². The van der Waals surface area contributed by atoms with Gasteiger partial charge in [-0.2, -0.15) is 0 Å². The van der Waals surface area contributed by atoms with E-state index in [-0.39, 0.29) is 0 Å². The monoisotopic (exact) mass is 268 g/mol. The Morgan fingerprint density at radius 2 is 2.39 bits per heavy atom. The summed E-state index contributed by atoms with van der Waals surface area (Å²) < 4.78 is 5.03. The summed E-state index contributed by atoms with van der Waals surface area (Å²) >= 11 is 5.85. The third-order valence-electron chi connectivity index (χ3n) is 1.84. The molecule has 0 fully saturated rings. The molecule has 1 aromatic carbocycles. The first-order chi connectivity index (χ1) is 8.67. The minimum Gasteiger partial charge on any atom is -0.410 e. The highest BCUT2D eigenvalue weighted by Crippen LogP contribution is 2.21. The maximum absolute atomic E-state index is 11.1. The number of oxime groups is 1. The second-order valence-electron chi connectivity index (χ2n) is 3.14. The van der Waals surface area contributed by atoms with E-state index in [9.17, 15) is 4.79 Å². The van der Waals surface area contributed by atoms with E-state index in [4.69, 9.17) is 21.2 Å². The van der Waals surface area contributed by atoms with E-state index in [1.54, 1.807) is 24.3 Å². The zero-order chi connectivity index (χ0) is 13.4. The van der Waals surface area contributed by atoms with Crippen LogP contribution < -0.4 is 10.1 Å². The van der Waals surface area contributed by atoms with Gasteiger partial charge in [-0.3, -0.25) is 0 Å². The van der Waals surface area contributed by atoms with Crippen LogP contribution in [0.2, 0.25) is 5.02 Å². The molecule has 0 atom stereocenters. The van der Waals surface area contributed by atoms with Gasteiger partial charge < -0.3 is 14.9 Å². The molecule has 1 N–H and O–H groups in total. The number of rotatable bonds is 5. The standard InChI is InChI=1S/C12H13ClN2O3/c1-3-6-17-15-8-9-7-10(13)4-5-11(9)18-12(16)14-2/h3-5,7-8H,1,6H2,2H3,(H,14,16). The molecule has 0 bridgehead atoms. The van der Waals surface area contributed by atoms with Crippen molar-refractivity contribution in [3.05, 3.63) is 41.4 Å². The molecule has 5 nitrogen and oxygen atoms in total. The number of hydrogen-bond acceptors (Lipinski definition) is 4. The first-order valence-corrected chi connectivity index (χ1v) is 5.50. The Morgan fingerprint density at radius 3 is 3.06 bits per heavy atom. The van der Waals surface area contributed by atoms with Crippen LogP contribution in [0.5, 0.6) is 5.75 Å². The zero-order valence-electron chi connectivity index (χ0n) is 9.85. The van der Waals surface area contributed by atoms with Gasteiger partial charge in [0.25, 0.3) is 0 Å². The van der Waals surface area contributed by atoms with Gasteiger partial charge in [0.15, 0.2) is 0 Å². The van der Waals surface area contributed by atoms with Gasteiger partial charge in [0, 0.05) is 17.6 Å². The van der Waals surface area contributed by atoms with Gasteiger partial charge in [-0.25, -0.2) is 4.79 Å². The highest BCUT2D eigenvalue weighted by Gasteiger charge is 2.07. The van der Waals surface area contributed by atoms with Crippen molar-refractivity contribution in [1.29, 1.82) is 0 Å². The van der Waals surface area contributed by atoms with E-state index >= 15 is 0 Å². The molecule has 0 radical (unpaired) electrons. The van der Waals surface area contributed by atoms with E-state index in [1.807, 2.05) is 0 Å². The third-order valence-corrected chi connectivity index (χ3v) is 2.07. The number of nitrogens with one attached hydrogen (secondary N) is 1. The summed E-state index contributed by atoms with van der Waals surface area (Å²) in [7, 11) is 1.47. The maximum atomic E-state index is 11.1. The lowest BCUT2D eigenvalue weighted by atomic mass is 10.2. The van der Waals surface area contributed by atoms with Crippen LogP contribution >= 0.6 is 11.6 Å². The Bertz CT molecular complexity index is 461. The first kappa shape index (κ1) is 14.1. The number of carbonyl (C=O) groups is 1. The van der Waals surface area contributed by atoms with Crippen molar-refractivity contribution in [2.45, 2.75) is 0 Å². The van der Waals surface area contributed by atoms with Crippen LogP contribution in [-0.2, 0) is 4.84 Å². The SMILES string of the molecule is C=CCON=Cc1cc(Cl)ccc1OC(=O)NC. The minimum atomic E-state index is -0.570. The smallest absolute Gasteiger partial charge is 0.410 e. The number of carbonyl (C=O) groups excluding carboxylic acids is 1. The number of nitrogens with zero attached hydrogens (tertiary/aromatic N) is 1. The lowest BCUT2D eigenvalue weighted by molar-refractivity contribution is 0.176. The van der Waals surface area contributed by atoms with Crippen LogP contribution in [0.1, 0.15) is 5.56 Å². The van der Waals surface area contributed by atoms with Crippen molar-refractivity contribution < 1.29 is 14.4 Å². The van der Waals surface area contributed by atoms with Crippen molar-refractivity contribution in [1.82, 2.24) is 5.32 Å². The largest absolute Gasteiger partial charge is 0.412 e. The van der Waals surface area contributed by atoms with Crippen LogP contribution in [0, 0.1) is 0 Å². The maximum Gasteiger partial charge on any atom is 0.412 e. The summed E-state index contributed by atoms with van der Waals surface area (Å²) in [5.74, 6) is 0.338. The Labute approximate surface area is 110 Å². The van der Waals surface area contributed by atoms with Crippen molar-refractivity contribution in [3.8, 4) is 5.75 Å². The third kappa shape index (κ3) is 4.47. The summed E-state index contributed by atoms with van der Waals surface area (Å²) in [5.41, 5.74) is 0.537. The van der Waals surface area contributed by atoms with Gasteiger partial charge in [-0.1, -0.05) is 29.4 Å². The fourth-order valence-corrected chi connectivity index (χ4v) is 1.23. The molecule has 1 amide bonds. The van der Waals surface area contributed by atoms with Gasteiger partial charge in [0.2, 0.25) is 0 Å². The molecule has 0 aliphatic rings. The summed E-state index contributed by atoms with van der Waals surface area (Å²) in [6.45, 7) is 3.78. The second kappa shape index (κ2) is 7.34. The molecule has 96 valence electrons. The van der Waals surface area contributed by atoms with Crippen LogP contribution in [0.4, 0.5) is 4.79 Å². The average Bonchev–Trinajstić information content (AvgIpc) is 2.37. The number of ether oxygens (including phenoxy) is 1. The summed E-state index contributed by atoms with van der Waals surface area (Å²) in [5, 5.41) is 6.55. The van der Waals surface area contributed by atoms with E-state index in [1.165, 1.54) is 13.3 Å². The Kier molecular flexibility index (Phi) is 5.73. The van der Waals surface area contributed by atoms with Crippen molar-refractivity contribution in [3.63, 3.8) is 0 Å².